The minimum Gasteiger partial charge on any atom is -0.456 e. The highest BCUT2D eigenvalue weighted by Crippen LogP contribution is 2.24. The molecule has 4 atom stereocenters. The molecule has 0 aromatic rings. The highest BCUT2D eigenvalue weighted by Gasteiger charge is 2.32. The number of carbonyl (C=O) groups is 6. The van der Waals surface area contributed by atoms with Crippen molar-refractivity contribution in [3.63, 3.8) is 0 Å². The average Bonchev–Trinajstić information content (AvgIpc) is 2.99. The van der Waals surface area contributed by atoms with Gasteiger partial charge >= 0.3 is 5.97 Å². The molecule has 14 nitrogen and oxygen atoms in total. The van der Waals surface area contributed by atoms with Crippen molar-refractivity contribution < 1.29 is 38.2 Å². The number of carbonyl (C=O) groups excluding carboxylic acids is 6. The van der Waals surface area contributed by atoms with Gasteiger partial charge in [-0.05, 0) is 24.8 Å². The number of hydrogen-bond donors (Lipinski definition) is 5. The molecule has 3 aliphatic rings. The van der Waals surface area contributed by atoms with Crippen molar-refractivity contribution in [2.75, 3.05) is 57.4 Å². The summed E-state index contributed by atoms with van der Waals surface area (Å²) in [5, 5.41) is 13.4. The molecule has 2 saturated heterocycles. The second-order valence-corrected chi connectivity index (χ2v) is 13.7. The lowest BCUT2D eigenvalue weighted by Crippen LogP contribution is -2.59. The van der Waals surface area contributed by atoms with E-state index in [2.05, 4.69) is 31.5 Å². The highest BCUT2D eigenvalue weighted by molar-refractivity contribution is 8.76. The summed E-state index contributed by atoms with van der Waals surface area (Å²) in [6.07, 6.45) is 2.76. The van der Waals surface area contributed by atoms with Crippen molar-refractivity contribution in [3.05, 3.63) is 12.2 Å². The molecule has 0 aliphatic carbocycles. The molecular formula is C28H44N6O8S2. The number of allylic oxidation sites excluding steroid dienone is 1. The maximum Gasteiger partial charge on any atom is 0.326 e. The molecule has 0 spiro atoms. The molecule has 16 heteroatoms. The molecule has 0 saturated carbocycles. The number of nitrogens with one attached hydrogen (secondary N) is 5. The van der Waals surface area contributed by atoms with Crippen LogP contribution in [0.25, 0.3) is 0 Å². The summed E-state index contributed by atoms with van der Waals surface area (Å²) < 4.78 is 10.8. The number of fused-ring (bicyclic) bond motifs is 7. The molecule has 2 fully saturated rings. The van der Waals surface area contributed by atoms with Crippen molar-refractivity contribution in [1.82, 2.24) is 31.5 Å². The number of hydrogen-bond acceptors (Lipinski definition) is 11. The Morgan fingerprint density at radius 1 is 1.05 bits per heavy atom. The fourth-order valence-electron chi connectivity index (χ4n) is 4.66. The lowest BCUT2D eigenvalue weighted by molar-refractivity contribution is -0.148. The largest absolute Gasteiger partial charge is 0.456 e. The summed E-state index contributed by atoms with van der Waals surface area (Å²) in [4.78, 5) is 80.3. The van der Waals surface area contributed by atoms with Crippen molar-refractivity contribution in [2.24, 2.45) is 5.92 Å². The molecule has 0 aromatic heterocycles. The molecule has 0 aromatic carbocycles. The van der Waals surface area contributed by atoms with Gasteiger partial charge in [-0.25, -0.2) is 0 Å². The fraction of sp³-hybridized carbons (Fsp3) is 0.714. The van der Waals surface area contributed by atoms with Gasteiger partial charge in [-0.3, -0.25) is 33.7 Å². The Morgan fingerprint density at radius 2 is 1.82 bits per heavy atom. The Bertz CT molecular complexity index is 1060. The van der Waals surface area contributed by atoms with Crippen LogP contribution in [0.1, 0.15) is 39.5 Å². The molecule has 2 bridgehead atoms. The number of rotatable bonds is 7. The molecule has 3 rings (SSSR count). The summed E-state index contributed by atoms with van der Waals surface area (Å²) in [5.74, 6) is -2.84. The van der Waals surface area contributed by atoms with Crippen LogP contribution in [0.15, 0.2) is 12.2 Å². The molecule has 5 amide bonds. The number of esters is 1. The van der Waals surface area contributed by atoms with E-state index in [4.69, 9.17) is 9.47 Å². The SMILES string of the molecule is CC(C)[C@H]1NC(=O)[C@H]2CSSCC/C=C/[C@H](CC(=O)N[C@H](CCC(=O)NCCN3CCOCC3)C(=O)N2)OC(=O)CNC1=O. The standard InChI is InChI=1S/C28H44N6O8S2/c1-18(2)25-28(40)30-16-24(37)42-19-5-3-4-14-43-44-17-21(27(39)33-25)32-26(38)20(31-23(36)15-19)6-7-22(35)29-8-9-34-10-12-41-13-11-34/h3,5,18-21,25H,4,6-17H2,1-2H3,(H,29,35)(H,30,40)(H,31,36)(H,32,38)(H,33,39)/b5-3+/t19-,20-,21-,25-/m1/s1. The quantitative estimate of drug-likeness (QED) is 0.130. The monoisotopic (exact) mass is 656 g/mol. The van der Waals surface area contributed by atoms with Crippen LogP contribution in [0.5, 0.6) is 0 Å². The minimum absolute atomic E-state index is 0.0193. The Labute approximate surface area is 265 Å². The molecule has 5 N–H and O–H groups in total. The van der Waals surface area contributed by atoms with Gasteiger partial charge in [0.2, 0.25) is 29.5 Å². The number of nitrogens with zero attached hydrogens (tertiary/aromatic N) is 1. The van der Waals surface area contributed by atoms with Crippen LogP contribution in [0.2, 0.25) is 0 Å². The first-order valence-electron chi connectivity index (χ1n) is 15.0. The van der Waals surface area contributed by atoms with E-state index in [0.717, 1.165) is 13.1 Å². The molecule has 44 heavy (non-hydrogen) atoms. The third-order valence-corrected chi connectivity index (χ3v) is 9.61. The topological polar surface area (TPSA) is 184 Å². The van der Waals surface area contributed by atoms with Gasteiger partial charge in [0, 0.05) is 44.1 Å². The average molecular weight is 657 g/mol. The van der Waals surface area contributed by atoms with E-state index in [1.165, 1.54) is 21.6 Å². The molecule has 3 aliphatic heterocycles. The Kier molecular flexibility index (Phi) is 15.3. The molecule has 246 valence electrons. The Morgan fingerprint density at radius 3 is 2.57 bits per heavy atom. The highest BCUT2D eigenvalue weighted by atomic mass is 33.1. The zero-order valence-corrected chi connectivity index (χ0v) is 26.9. The number of amides is 5. The third kappa shape index (κ3) is 12.7. The molecular weight excluding hydrogens is 612 g/mol. The second kappa shape index (κ2) is 18.9. The van der Waals surface area contributed by atoms with E-state index < -0.39 is 60.4 Å². The molecule has 0 unspecified atom stereocenters. The third-order valence-electron chi connectivity index (χ3n) is 7.16. The fourth-order valence-corrected chi connectivity index (χ4v) is 6.82. The molecule has 0 radical (unpaired) electrons. The van der Waals surface area contributed by atoms with Crippen molar-refractivity contribution in [2.45, 2.75) is 63.8 Å². The normalized spacial score (nSPS) is 27.7. The van der Waals surface area contributed by atoms with E-state index in [1.807, 2.05) is 0 Å². The summed E-state index contributed by atoms with van der Waals surface area (Å²) in [6, 6.07) is -3.13. The summed E-state index contributed by atoms with van der Waals surface area (Å²) >= 11 is 0. The van der Waals surface area contributed by atoms with E-state index in [9.17, 15) is 28.8 Å². The van der Waals surface area contributed by atoms with Gasteiger partial charge in [-0.2, -0.15) is 0 Å². The smallest absolute Gasteiger partial charge is 0.326 e. The zero-order valence-electron chi connectivity index (χ0n) is 25.3. The van der Waals surface area contributed by atoms with Crippen LogP contribution >= 0.6 is 21.6 Å². The van der Waals surface area contributed by atoms with E-state index in [-0.39, 0.29) is 36.8 Å². The predicted molar refractivity (Wildman–Crippen MR) is 166 cm³/mol. The van der Waals surface area contributed by atoms with Crippen LogP contribution < -0.4 is 26.6 Å². The first kappa shape index (κ1) is 35.7. The van der Waals surface area contributed by atoms with Crippen LogP contribution in [0.3, 0.4) is 0 Å². The van der Waals surface area contributed by atoms with Gasteiger partial charge in [-0.15, -0.1) is 0 Å². The van der Waals surface area contributed by atoms with Gasteiger partial charge in [0.25, 0.3) is 0 Å². The van der Waals surface area contributed by atoms with Crippen molar-refractivity contribution >= 4 is 57.1 Å². The Balaban J connectivity index is 1.78. The van der Waals surface area contributed by atoms with E-state index >= 15 is 0 Å². The van der Waals surface area contributed by atoms with Crippen LogP contribution in [0.4, 0.5) is 0 Å². The minimum atomic E-state index is -1.14. The predicted octanol–water partition coefficient (Wildman–Crippen LogP) is -0.902. The van der Waals surface area contributed by atoms with Gasteiger partial charge in [0.05, 0.1) is 19.6 Å². The Hall–Kier alpha value is -2.82. The van der Waals surface area contributed by atoms with Crippen molar-refractivity contribution in [3.8, 4) is 0 Å². The van der Waals surface area contributed by atoms with Gasteiger partial charge in [0.1, 0.15) is 30.8 Å². The van der Waals surface area contributed by atoms with E-state index in [0.29, 0.717) is 38.5 Å². The molecule has 3 heterocycles. The first-order chi connectivity index (χ1) is 21.1. The second-order valence-electron chi connectivity index (χ2n) is 11.0. The summed E-state index contributed by atoms with van der Waals surface area (Å²) in [6.45, 7) is 7.06. The van der Waals surface area contributed by atoms with Crippen LogP contribution in [-0.4, -0.2) is 122 Å². The number of morpholine rings is 1. The lowest BCUT2D eigenvalue weighted by Gasteiger charge is -2.27. The number of ether oxygens (including phenoxy) is 2. The maximum atomic E-state index is 13.5. The van der Waals surface area contributed by atoms with Gasteiger partial charge < -0.3 is 36.1 Å². The summed E-state index contributed by atoms with van der Waals surface area (Å²) in [5.41, 5.74) is 0. The maximum absolute atomic E-state index is 13.5. The van der Waals surface area contributed by atoms with Gasteiger partial charge in [0.15, 0.2) is 0 Å². The van der Waals surface area contributed by atoms with Gasteiger partial charge in [-0.1, -0.05) is 41.5 Å². The van der Waals surface area contributed by atoms with Crippen molar-refractivity contribution in [1.29, 1.82) is 0 Å². The zero-order chi connectivity index (χ0) is 31.9. The van der Waals surface area contributed by atoms with Crippen LogP contribution in [-0.2, 0) is 38.2 Å². The lowest BCUT2D eigenvalue weighted by atomic mass is 10.0. The first-order valence-corrected chi connectivity index (χ1v) is 17.5. The van der Waals surface area contributed by atoms with Crippen LogP contribution in [0, 0.1) is 5.92 Å². The van der Waals surface area contributed by atoms with E-state index in [1.54, 1.807) is 26.0 Å². The summed E-state index contributed by atoms with van der Waals surface area (Å²) in [7, 11) is 2.89.